The Kier molecular flexibility index (Phi) is 5.92. The lowest BCUT2D eigenvalue weighted by Crippen LogP contribution is -2.31. The van der Waals surface area contributed by atoms with Crippen LogP contribution in [0.3, 0.4) is 0 Å². The van der Waals surface area contributed by atoms with Crippen molar-refractivity contribution in [3.63, 3.8) is 0 Å². The summed E-state index contributed by atoms with van der Waals surface area (Å²) in [5.41, 5.74) is 4.23. The highest BCUT2D eigenvalue weighted by molar-refractivity contribution is 8.02. The molecular weight excluding hydrogens is 340 g/mol. The van der Waals surface area contributed by atoms with E-state index >= 15 is 0 Å². The Morgan fingerprint density at radius 2 is 2.12 bits per heavy atom. The van der Waals surface area contributed by atoms with Crippen LogP contribution in [0.2, 0.25) is 0 Å². The summed E-state index contributed by atoms with van der Waals surface area (Å²) in [6, 6.07) is 7.77. The van der Waals surface area contributed by atoms with Crippen molar-refractivity contribution in [3.8, 4) is 0 Å². The number of benzene rings is 1. The number of allylic oxidation sites excluding steroid dienone is 1. The van der Waals surface area contributed by atoms with Crippen LogP contribution >= 0.6 is 11.8 Å². The van der Waals surface area contributed by atoms with Crippen molar-refractivity contribution >= 4 is 17.4 Å². The monoisotopic (exact) mass is 372 g/mol. The summed E-state index contributed by atoms with van der Waals surface area (Å²) in [7, 11) is 4.39. The normalized spacial score (nSPS) is 26.0. The van der Waals surface area contributed by atoms with Gasteiger partial charge in [-0.3, -0.25) is 0 Å². The first-order chi connectivity index (χ1) is 12.7. The number of hydrogen-bond donors (Lipinski definition) is 0. The second-order valence-electron chi connectivity index (χ2n) is 8.32. The number of anilines is 1. The third-order valence-corrected chi connectivity index (χ3v) is 7.20. The predicted molar refractivity (Wildman–Crippen MR) is 112 cm³/mol. The minimum Gasteiger partial charge on any atom is -0.376 e. The van der Waals surface area contributed by atoms with Crippen LogP contribution in [0, 0.1) is 5.92 Å². The van der Waals surface area contributed by atoms with E-state index in [2.05, 4.69) is 53.6 Å². The van der Waals surface area contributed by atoms with Crippen molar-refractivity contribution in [1.29, 1.82) is 0 Å². The highest BCUT2D eigenvalue weighted by Gasteiger charge is 2.25. The fraction of sp³-hybridized carbons (Fsp3) is 0.636. The van der Waals surface area contributed by atoms with Crippen LogP contribution in [0.5, 0.6) is 0 Å². The molecule has 1 saturated heterocycles. The lowest BCUT2D eigenvalue weighted by Gasteiger charge is -2.26. The first-order valence-electron chi connectivity index (χ1n) is 10.1. The van der Waals surface area contributed by atoms with E-state index in [1.807, 2.05) is 11.8 Å². The molecule has 26 heavy (non-hydrogen) atoms. The first kappa shape index (κ1) is 18.4. The highest BCUT2D eigenvalue weighted by Crippen LogP contribution is 2.35. The molecule has 2 fully saturated rings. The Hall–Kier alpha value is -0.970. The Bertz CT molecular complexity index is 641. The zero-order valence-corrected chi connectivity index (χ0v) is 17.0. The van der Waals surface area contributed by atoms with E-state index in [0.29, 0.717) is 12.0 Å². The maximum Gasteiger partial charge on any atom is 0.0720 e. The van der Waals surface area contributed by atoms with Crippen molar-refractivity contribution in [2.75, 3.05) is 44.4 Å². The van der Waals surface area contributed by atoms with E-state index < -0.39 is 0 Å². The number of nitrogens with zero attached hydrogens (tertiary/aromatic N) is 2. The number of thioether (sulfide) groups is 1. The molecule has 0 aromatic heterocycles. The van der Waals surface area contributed by atoms with Gasteiger partial charge in [-0.05, 0) is 67.9 Å². The third kappa shape index (κ3) is 4.13. The van der Waals surface area contributed by atoms with Crippen LogP contribution in [0.4, 0.5) is 5.69 Å². The van der Waals surface area contributed by atoms with Gasteiger partial charge in [0.25, 0.3) is 0 Å². The molecular formula is C22H32N2OS. The van der Waals surface area contributed by atoms with Gasteiger partial charge in [-0.2, -0.15) is 0 Å². The molecule has 4 heteroatoms. The van der Waals surface area contributed by atoms with E-state index in [-0.39, 0.29) is 0 Å². The molecule has 0 bridgehead atoms. The van der Waals surface area contributed by atoms with Crippen molar-refractivity contribution in [2.24, 2.45) is 5.92 Å². The van der Waals surface area contributed by atoms with Crippen molar-refractivity contribution in [2.45, 2.75) is 44.2 Å². The van der Waals surface area contributed by atoms with E-state index in [1.165, 1.54) is 48.3 Å². The van der Waals surface area contributed by atoms with Crippen LogP contribution < -0.4 is 4.90 Å². The summed E-state index contributed by atoms with van der Waals surface area (Å²) in [6.07, 6.45) is 7.71. The minimum atomic E-state index is 0.546. The summed E-state index contributed by atoms with van der Waals surface area (Å²) in [5, 5.41) is 2.25. The average molecular weight is 373 g/mol. The van der Waals surface area contributed by atoms with Crippen LogP contribution in [0.15, 0.2) is 29.7 Å². The number of likely N-dealkylation sites (N-methyl/N-ethyl adjacent to an activating group) is 1. The van der Waals surface area contributed by atoms with E-state index in [1.54, 1.807) is 0 Å². The standard InChI is InChI=1S/C22H32N2OS/c1-23(2)21-8-10-24(13-21)20-6-7-22(18-9-11-26-16-18)19(12-20)15-25-14-17-4-3-5-17/h6-7,9,11-12,17-18,21H,3-5,8,10,13-16H2,1-2H3. The molecule has 1 saturated carbocycles. The third-order valence-electron chi connectivity index (χ3n) is 6.30. The number of rotatable bonds is 7. The molecule has 142 valence electrons. The summed E-state index contributed by atoms with van der Waals surface area (Å²) < 4.78 is 6.14. The molecule has 1 aromatic carbocycles. The van der Waals surface area contributed by atoms with Crippen molar-refractivity contribution in [1.82, 2.24) is 4.90 Å². The van der Waals surface area contributed by atoms with Crippen LogP contribution in [0.1, 0.15) is 42.7 Å². The summed E-state index contributed by atoms with van der Waals surface area (Å²) in [4.78, 5) is 4.90. The van der Waals surface area contributed by atoms with Gasteiger partial charge in [0.2, 0.25) is 0 Å². The zero-order chi connectivity index (χ0) is 17.9. The molecule has 0 radical (unpaired) electrons. The molecule has 3 aliphatic rings. The molecule has 1 aliphatic carbocycles. The van der Waals surface area contributed by atoms with Gasteiger partial charge in [0.1, 0.15) is 0 Å². The van der Waals surface area contributed by atoms with E-state index in [0.717, 1.165) is 32.2 Å². The molecule has 4 rings (SSSR count). The van der Waals surface area contributed by atoms with Gasteiger partial charge in [0.05, 0.1) is 6.61 Å². The predicted octanol–water partition coefficient (Wildman–Crippen LogP) is 4.49. The zero-order valence-electron chi connectivity index (χ0n) is 16.2. The first-order valence-corrected chi connectivity index (χ1v) is 11.2. The fourth-order valence-electron chi connectivity index (χ4n) is 4.23. The van der Waals surface area contributed by atoms with Crippen LogP contribution in [-0.4, -0.2) is 50.5 Å². The molecule has 0 spiro atoms. The van der Waals surface area contributed by atoms with Crippen LogP contribution in [-0.2, 0) is 11.3 Å². The van der Waals surface area contributed by atoms with Gasteiger partial charge in [-0.1, -0.05) is 18.6 Å². The second kappa shape index (κ2) is 8.37. The Morgan fingerprint density at radius 1 is 1.23 bits per heavy atom. The molecule has 1 aromatic rings. The molecule has 0 N–H and O–H groups in total. The van der Waals surface area contributed by atoms with Crippen molar-refractivity contribution in [3.05, 3.63) is 40.8 Å². The average Bonchev–Trinajstić information content (AvgIpc) is 3.28. The lowest BCUT2D eigenvalue weighted by atomic mass is 9.86. The topological polar surface area (TPSA) is 15.7 Å². The summed E-state index contributed by atoms with van der Waals surface area (Å²) in [6.45, 7) is 3.99. The Balaban J connectivity index is 1.48. The van der Waals surface area contributed by atoms with Gasteiger partial charge < -0.3 is 14.5 Å². The molecule has 3 nitrogen and oxygen atoms in total. The lowest BCUT2D eigenvalue weighted by molar-refractivity contribution is 0.0592. The van der Waals surface area contributed by atoms with Gasteiger partial charge in [0, 0.05) is 43.1 Å². The molecule has 2 heterocycles. The molecule has 2 aliphatic heterocycles. The largest absolute Gasteiger partial charge is 0.376 e. The highest BCUT2D eigenvalue weighted by atomic mass is 32.2. The summed E-state index contributed by atoms with van der Waals surface area (Å²) >= 11 is 1.92. The molecule has 2 atom stereocenters. The maximum atomic E-state index is 6.14. The van der Waals surface area contributed by atoms with Gasteiger partial charge in [-0.25, -0.2) is 0 Å². The van der Waals surface area contributed by atoms with Crippen LogP contribution in [0.25, 0.3) is 0 Å². The Morgan fingerprint density at radius 3 is 2.77 bits per heavy atom. The second-order valence-corrected chi connectivity index (χ2v) is 9.25. The van der Waals surface area contributed by atoms with Crippen molar-refractivity contribution < 1.29 is 4.74 Å². The van der Waals surface area contributed by atoms with Gasteiger partial charge in [-0.15, -0.1) is 11.8 Å². The van der Waals surface area contributed by atoms with Gasteiger partial charge in [0.15, 0.2) is 0 Å². The Labute approximate surface area is 162 Å². The molecule has 0 amide bonds. The number of hydrogen-bond acceptors (Lipinski definition) is 4. The SMILES string of the molecule is CN(C)C1CCN(c2ccc(C3C=CSC3)c(COCC3CCC3)c2)C1. The fourth-order valence-corrected chi connectivity index (χ4v) is 5.14. The van der Waals surface area contributed by atoms with E-state index in [9.17, 15) is 0 Å². The maximum absolute atomic E-state index is 6.14. The van der Waals surface area contributed by atoms with Gasteiger partial charge >= 0.3 is 0 Å². The van der Waals surface area contributed by atoms with E-state index in [4.69, 9.17) is 4.74 Å². The quantitative estimate of drug-likeness (QED) is 0.700. The minimum absolute atomic E-state index is 0.546. The smallest absolute Gasteiger partial charge is 0.0720 e. The molecule has 2 unspecified atom stereocenters. The number of ether oxygens (including phenoxy) is 1. The summed E-state index contributed by atoms with van der Waals surface area (Å²) in [5.74, 6) is 2.52.